The minimum Gasteiger partial charge on any atom is -0.508 e. The molecular formula is C58H79N15O16. The molecule has 0 aliphatic carbocycles. The van der Waals surface area contributed by atoms with Crippen LogP contribution in [0.25, 0.3) is 10.9 Å². The van der Waals surface area contributed by atoms with Crippen molar-refractivity contribution in [3.63, 3.8) is 0 Å². The maximum atomic E-state index is 14.5. The van der Waals surface area contributed by atoms with Crippen LogP contribution in [-0.4, -0.2) is 176 Å². The maximum Gasteiger partial charge on any atom is 0.326 e. The fourth-order valence-corrected chi connectivity index (χ4v) is 8.92. The third-order valence-corrected chi connectivity index (χ3v) is 13.7. The summed E-state index contributed by atoms with van der Waals surface area (Å²) in [6.45, 7) is 2.10. The van der Waals surface area contributed by atoms with E-state index in [9.17, 15) is 78.0 Å². The average molecular weight is 1240 g/mol. The van der Waals surface area contributed by atoms with Crippen molar-refractivity contribution in [2.45, 2.75) is 139 Å². The summed E-state index contributed by atoms with van der Waals surface area (Å²) in [5.74, 6) is -13.2. The van der Waals surface area contributed by atoms with Crippen molar-refractivity contribution in [1.29, 1.82) is 0 Å². The first-order valence-electron chi connectivity index (χ1n) is 28.5. The molecule has 0 spiro atoms. The highest BCUT2D eigenvalue weighted by Crippen LogP contribution is 2.20. The van der Waals surface area contributed by atoms with Crippen LogP contribution in [0.2, 0.25) is 0 Å². The zero-order valence-corrected chi connectivity index (χ0v) is 49.1. The van der Waals surface area contributed by atoms with Gasteiger partial charge >= 0.3 is 17.9 Å². The molecule has 9 atom stereocenters. The van der Waals surface area contributed by atoms with Gasteiger partial charge in [-0.15, -0.1) is 0 Å². The Labute approximate surface area is 511 Å². The maximum absolute atomic E-state index is 14.5. The Balaban J connectivity index is 1.55. The Morgan fingerprint density at radius 3 is 1.67 bits per heavy atom. The molecule has 1 heterocycles. The quantitative estimate of drug-likeness (QED) is 0.0120. The topological polar surface area (TPSA) is 526 Å². The number of para-hydroxylation sites is 1. The molecule has 4 aromatic rings. The number of nitrogens with two attached hydrogens (primary N) is 4. The number of unbranched alkanes of at least 4 members (excludes halogenated alkanes) is 1. The smallest absolute Gasteiger partial charge is 0.326 e. The van der Waals surface area contributed by atoms with E-state index in [0.717, 1.165) is 0 Å². The first-order valence-corrected chi connectivity index (χ1v) is 28.5. The van der Waals surface area contributed by atoms with Crippen LogP contribution in [0.5, 0.6) is 5.75 Å². The summed E-state index contributed by atoms with van der Waals surface area (Å²) < 4.78 is 0. The van der Waals surface area contributed by atoms with Crippen molar-refractivity contribution in [2.75, 3.05) is 19.6 Å². The first kappa shape index (κ1) is 71.3. The number of carboxylic acids is 3. The van der Waals surface area contributed by atoms with E-state index < -0.39 is 151 Å². The van der Waals surface area contributed by atoms with E-state index in [2.05, 4.69) is 57.8 Å². The van der Waals surface area contributed by atoms with Gasteiger partial charge in [-0.25, -0.2) is 4.79 Å². The van der Waals surface area contributed by atoms with Gasteiger partial charge in [-0.2, -0.15) is 0 Å². The van der Waals surface area contributed by atoms with Crippen molar-refractivity contribution < 1.29 is 78.0 Å². The van der Waals surface area contributed by atoms with Gasteiger partial charge in [0.05, 0.1) is 19.0 Å². The van der Waals surface area contributed by atoms with E-state index in [1.807, 2.05) is 0 Å². The number of fused-ring (bicyclic) bond motifs is 1. The lowest BCUT2D eigenvalue weighted by Crippen LogP contribution is -2.60. The van der Waals surface area contributed by atoms with Crippen molar-refractivity contribution >= 4 is 87.9 Å². The summed E-state index contributed by atoms with van der Waals surface area (Å²) in [6, 6.07) is 7.44. The molecular weight excluding hydrogens is 1160 g/mol. The average Bonchev–Trinajstić information content (AvgIpc) is 3.70. The molecule has 0 fully saturated rings. The van der Waals surface area contributed by atoms with Crippen molar-refractivity contribution in [3.8, 4) is 5.75 Å². The molecule has 0 bridgehead atoms. The first-order chi connectivity index (χ1) is 42.2. The SMILES string of the molecule is C[C@H](N)C(=O)N[C@@H](CCCN=C(N)N)C(=O)N[C@@H](CCC(=O)O)C(=O)NCC(=O)N[C@@H](CCCCN)C(=O)N[C@@H](Cc1c[nH]c2ccccc12)C(=O)N[C@@H](C)C(=O)N[C@@H](Cc1ccccc1)C(=O)N[C@@H](CC(=O)O)C(=O)N[C@@H](Cc1ccc(O)cc1)C(=O)O. The lowest BCUT2D eigenvalue weighted by atomic mass is 10.0. The minimum atomic E-state index is -1.87. The summed E-state index contributed by atoms with van der Waals surface area (Å²) in [7, 11) is 0. The number of H-pyrrole nitrogens is 1. The number of carbonyl (C=O) groups is 12. The number of rotatable bonds is 38. The summed E-state index contributed by atoms with van der Waals surface area (Å²) in [5.41, 5.74) is 24.3. The van der Waals surface area contributed by atoms with E-state index in [-0.39, 0.29) is 69.7 Å². The molecule has 0 saturated carbocycles. The number of nitrogens with one attached hydrogen (secondary N) is 10. The largest absolute Gasteiger partial charge is 0.508 e. The highest BCUT2D eigenvalue weighted by atomic mass is 16.4. The molecule has 31 heteroatoms. The number of amides is 9. The van der Waals surface area contributed by atoms with Crippen LogP contribution in [-0.2, 0) is 76.8 Å². The third kappa shape index (κ3) is 25.0. The molecule has 0 saturated heterocycles. The van der Waals surface area contributed by atoms with Crippen LogP contribution in [0.3, 0.4) is 0 Å². The predicted molar refractivity (Wildman–Crippen MR) is 321 cm³/mol. The van der Waals surface area contributed by atoms with Crippen LogP contribution in [0.4, 0.5) is 0 Å². The number of carbonyl (C=O) groups excluding carboxylic acids is 9. The second kappa shape index (κ2) is 36.1. The Bertz CT molecular complexity index is 3140. The van der Waals surface area contributed by atoms with Crippen LogP contribution < -0.4 is 70.8 Å². The number of phenols is 1. The van der Waals surface area contributed by atoms with E-state index in [1.165, 1.54) is 38.1 Å². The Morgan fingerprint density at radius 1 is 0.528 bits per heavy atom. The van der Waals surface area contributed by atoms with E-state index >= 15 is 0 Å². The van der Waals surface area contributed by atoms with Gasteiger partial charge in [-0.05, 0) is 93.8 Å². The molecule has 0 aliphatic heterocycles. The second-order valence-electron chi connectivity index (χ2n) is 20.9. The zero-order valence-electron chi connectivity index (χ0n) is 49.1. The molecule has 0 radical (unpaired) electrons. The summed E-state index contributed by atoms with van der Waals surface area (Å²) in [5, 5.41) is 61.6. The number of phenolic OH excluding ortho intramolecular Hbond substituents is 1. The number of guanidine groups is 1. The Morgan fingerprint density at radius 2 is 1.04 bits per heavy atom. The van der Waals surface area contributed by atoms with Crippen molar-refractivity contribution in [1.82, 2.24) is 52.8 Å². The molecule has 0 unspecified atom stereocenters. The number of hydrogen-bond acceptors (Lipinski definition) is 16. The number of hydrogen-bond donors (Lipinski definition) is 18. The molecule has 31 nitrogen and oxygen atoms in total. The van der Waals surface area contributed by atoms with Crippen LogP contribution >= 0.6 is 0 Å². The Hall–Kier alpha value is -10.2. The number of aliphatic imine (C=N–C) groups is 1. The second-order valence-corrected chi connectivity index (χ2v) is 20.9. The summed E-state index contributed by atoms with van der Waals surface area (Å²) in [4.78, 5) is 167. The lowest BCUT2D eigenvalue weighted by molar-refractivity contribution is -0.143. The van der Waals surface area contributed by atoms with Crippen LogP contribution in [0, 0.1) is 0 Å². The number of aromatic nitrogens is 1. The van der Waals surface area contributed by atoms with Gasteiger partial charge < -0.3 is 96.2 Å². The normalized spacial score (nSPS) is 14.0. The molecule has 89 heavy (non-hydrogen) atoms. The van der Waals surface area contributed by atoms with E-state index in [1.54, 1.807) is 60.8 Å². The molecule has 1 aromatic heterocycles. The number of nitrogens with zero attached hydrogens (tertiary/aromatic N) is 1. The monoisotopic (exact) mass is 1240 g/mol. The van der Waals surface area contributed by atoms with Gasteiger partial charge in [-0.3, -0.25) is 57.7 Å². The van der Waals surface area contributed by atoms with Gasteiger partial charge in [0, 0.05) is 49.3 Å². The van der Waals surface area contributed by atoms with Crippen molar-refractivity contribution in [2.24, 2.45) is 27.9 Å². The number of benzene rings is 3. The standard InChI is InChI=1S/C58H79N15O16/c1-31(60)49(80)68-40(16-10-24-63-58(61)62)53(84)69-41(21-22-47(76)77)51(82)65-30-46(75)67-39(15-8-9-23-59)52(83)71-43(27-35-29-64-38-14-7-6-13-37(35)38)54(85)66-32(2)50(81)70-42(25-33-11-4-3-5-12-33)55(86)72-44(28-48(78)79)56(87)73-45(57(88)89)26-34-17-19-36(74)20-18-34/h3-7,11-14,17-20,29,31-32,39-45,64,74H,8-10,15-16,21-28,30,59-60H2,1-2H3,(H,65,82)(H,66,85)(H,67,75)(H,68,80)(H,69,84)(H,70,81)(H,71,83)(H,72,86)(H,73,87)(H,76,77)(H,78,79)(H,88,89)(H4,61,62,63)/t31-,32-,39-,40-,41-,42-,43-,44-,45-/m0/s1. The van der Waals surface area contributed by atoms with Crippen LogP contribution in [0.15, 0.2) is 90.1 Å². The van der Waals surface area contributed by atoms with E-state index in [0.29, 0.717) is 34.0 Å². The summed E-state index contributed by atoms with van der Waals surface area (Å²) >= 11 is 0. The zero-order chi connectivity index (χ0) is 65.7. The third-order valence-electron chi connectivity index (χ3n) is 13.7. The van der Waals surface area contributed by atoms with E-state index in [4.69, 9.17) is 22.9 Å². The summed E-state index contributed by atoms with van der Waals surface area (Å²) in [6.07, 6.45) is -0.423. The molecule has 22 N–H and O–H groups in total. The number of aliphatic carboxylic acids is 3. The number of carboxylic acid groups (broad SMARTS) is 3. The lowest BCUT2D eigenvalue weighted by Gasteiger charge is -2.26. The van der Waals surface area contributed by atoms with Gasteiger partial charge in [-0.1, -0.05) is 60.7 Å². The minimum absolute atomic E-state index is 0.0326. The number of aromatic amines is 1. The van der Waals surface area contributed by atoms with Gasteiger partial charge in [0.25, 0.3) is 0 Å². The fraction of sp³-hybridized carbons (Fsp3) is 0.431. The highest BCUT2D eigenvalue weighted by molar-refractivity contribution is 5.99. The van der Waals surface area contributed by atoms with Gasteiger partial charge in [0.15, 0.2) is 5.96 Å². The fourth-order valence-electron chi connectivity index (χ4n) is 8.92. The van der Waals surface area contributed by atoms with Gasteiger partial charge in [0.1, 0.15) is 54.1 Å². The molecule has 4 rings (SSSR count). The van der Waals surface area contributed by atoms with Gasteiger partial charge in [0.2, 0.25) is 53.2 Å². The number of aromatic hydroxyl groups is 1. The molecule has 3 aromatic carbocycles. The molecule has 0 aliphatic rings. The highest BCUT2D eigenvalue weighted by Gasteiger charge is 2.35. The molecule has 482 valence electrons. The van der Waals surface area contributed by atoms with Crippen molar-refractivity contribution in [3.05, 3.63) is 102 Å². The predicted octanol–water partition coefficient (Wildman–Crippen LogP) is -3.13. The van der Waals surface area contributed by atoms with Crippen LogP contribution in [0.1, 0.15) is 81.9 Å². The Kier molecular flexibility index (Phi) is 28.9. The molecule has 9 amide bonds.